The van der Waals surface area contributed by atoms with E-state index in [9.17, 15) is 4.79 Å². The van der Waals surface area contributed by atoms with Crippen LogP contribution in [-0.2, 0) is 0 Å². The van der Waals surface area contributed by atoms with Gasteiger partial charge in [-0.3, -0.25) is 0 Å². The maximum absolute atomic E-state index is 10.5. The second-order valence-corrected chi connectivity index (χ2v) is 3.04. The molecule has 0 aliphatic rings. The number of aromatic carboxylic acids is 1. The molecule has 0 bridgehead atoms. The van der Waals surface area contributed by atoms with Gasteiger partial charge in [0.2, 0.25) is 0 Å². The first-order valence-electron chi connectivity index (χ1n) is 3.20. The summed E-state index contributed by atoms with van der Waals surface area (Å²) >= 11 is 1.39. The van der Waals surface area contributed by atoms with E-state index in [2.05, 4.69) is 9.97 Å². The Labute approximate surface area is 71.5 Å². The van der Waals surface area contributed by atoms with Crippen molar-refractivity contribution in [3.05, 3.63) is 23.3 Å². The van der Waals surface area contributed by atoms with E-state index in [4.69, 9.17) is 5.11 Å². The zero-order valence-corrected chi connectivity index (χ0v) is 6.71. The number of carbonyl (C=O) groups is 1. The number of carboxylic acid groups (broad SMARTS) is 1. The molecular weight excluding hydrogens is 176 g/mol. The Balaban J connectivity index is 2.68. The van der Waals surface area contributed by atoms with Crippen LogP contribution in [-0.4, -0.2) is 21.0 Å². The van der Waals surface area contributed by atoms with Gasteiger partial charge in [0.25, 0.3) is 0 Å². The fourth-order valence-corrected chi connectivity index (χ4v) is 1.49. The lowest BCUT2D eigenvalue weighted by atomic mass is 10.3. The molecule has 0 fully saturated rings. The lowest BCUT2D eigenvalue weighted by Gasteiger charge is -1.91. The predicted octanol–water partition coefficient (Wildman–Crippen LogP) is 1.39. The quantitative estimate of drug-likeness (QED) is 0.720. The van der Waals surface area contributed by atoms with Gasteiger partial charge < -0.3 is 5.11 Å². The van der Waals surface area contributed by atoms with Gasteiger partial charge in [-0.1, -0.05) is 0 Å². The van der Waals surface area contributed by atoms with Crippen LogP contribution in [0.5, 0.6) is 0 Å². The van der Waals surface area contributed by atoms with E-state index < -0.39 is 5.97 Å². The maximum atomic E-state index is 10.5. The van der Waals surface area contributed by atoms with Crippen molar-refractivity contribution in [2.75, 3.05) is 0 Å². The summed E-state index contributed by atoms with van der Waals surface area (Å²) in [6.45, 7) is 0. The lowest BCUT2D eigenvalue weighted by molar-refractivity contribution is 0.0696. The van der Waals surface area contributed by atoms with E-state index in [0.717, 1.165) is 4.83 Å². The number of carboxylic acids is 1. The summed E-state index contributed by atoms with van der Waals surface area (Å²) in [5, 5.41) is 8.62. The van der Waals surface area contributed by atoms with E-state index >= 15 is 0 Å². The number of hydrogen-bond acceptors (Lipinski definition) is 4. The predicted molar refractivity (Wildman–Crippen MR) is 44.4 cm³/mol. The van der Waals surface area contributed by atoms with Crippen LogP contribution in [0.3, 0.4) is 0 Å². The molecule has 2 heterocycles. The van der Waals surface area contributed by atoms with E-state index in [-0.39, 0.29) is 5.56 Å². The molecule has 2 aromatic heterocycles. The molecule has 0 aliphatic heterocycles. The zero-order chi connectivity index (χ0) is 8.55. The third-order valence-corrected chi connectivity index (χ3v) is 2.18. The molecule has 0 unspecified atom stereocenters. The van der Waals surface area contributed by atoms with Gasteiger partial charge in [0.1, 0.15) is 10.3 Å². The second kappa shape index (κ2) is 2.53. The summed E-state index contributed by atoms with van der Waals surface area (Å²) in [6, 6.07) is 1.52. The largest absolute Gasteiger partial charge is 0.478 e. The molecular formula is C7H4N2O2S. The summed E-state index contributed by atoms with van der Waals surface area (Å²) < 4.78 is 0. The van der Waals surface area contributed by atoms with Crippen LogP contribution in [0.2, 0.25) is 0 Å². The van der Waals surface area contributed by atoms with Crippen molar-refractivity contribution in [2.45, 2.75) is 0 Å². The summed E-state index contributed by atoms with van der Waals surface area (Å²) in [7, 11) is 0. The van der Waals surface area contributed by atoms with Crippen molar-refractivity contribution in [1.29, 1.82) is 0 Å². The number of hydrogen-bond donors (Lipinski definition) is 1. The Bertz CT molecular complexity index is 438. The van der Waals surface area contributed by atoms with Gasteiger partial charge in [0.05, 0.1) is 11.1 Å². The molecule has 0 aromatic carbocycles. The topological polar surface area (TPSA) is 63.1 Å². The average molecular weight is 180 g/mol. The third kappa shape index (κ3) is 1.04. The molecule has 2 rings (SSSR count). The normalized spacial score (nSPS) is 10.3. The molecule has 0 saturated heterocycles. The molecule has 0 spiro atoms. The highest BCUT2D eigenvalue weighted by Crippen LogP contribution is 2.15. The van der Waals surface area contributed by atoms with E-state index in [1.54, 1.807) is 5.51 Å². The summed E-state index contributed by atoms with van der Waals surface area (Å²) in [5.41, 5.74) is 2.46. The van der Waals surface area contributed by atoms with E-state index in [1.165, 1.54) is 23.6 Å². The average Bonchev–Trinajstić information content (AvgIpc) is 2.49. The molecule has 0 aliphatic carbocycles. The maximum Gasteiger partial charge on any atom is 0.337 e. The molecule has 60 valence electrons. The highest BCUT2D eigenvalue weighted by atomic mass is 32.1. The van der Waals surface area contributed by atoms with Gasteiger partial charge >= 0.3 is 5.97 Å². The van der Waals surface area contributed by atoms with Crippen molar-refractivity contribution in [2.24, 2.45) is 0 Å². The Morgan fingerprint density at radius 1 is 1.50 bits per heavy atom. The van der Waals surface area contributed by atoms with Crippen molar-refractivity contribution in [3.63, 3.8) is 0 Å². The minimum absolute atomic E-state index is 0.174. The minimum Gasteiger partial charge on any atom is -0.478 e. The smallest absolute Gasteiger partial charge is 0.337 e. The standard InChI is InChI=1S/C7H4N2O2S/c10-7(11)4-1-5-6(8-2-4)12-3-9-5/h1-3H,(H,10,11). The van der Waals surface area contributed by atoms with Gasteiger partial charge in [-0.25, -0.2) is 14.8 Å². The van der Waals surface area contributed by atoms with Gasteiger partial charge in [0.15, 0.2) is 0 Å². The molecule has 0 atom stereocenters. The summed E-state index contributed by atoms with van der Waals surface area (Å²) in [5.74, 6) is -0.975. The Morgan fingerprint density at radius 2 is 2.33 bits per heavy atom. The molecule has 4 nitrogen and oxygen atoms in total. The highest BCUT2D eigenvalue weighted by molar-refractivity contribution is 7.16. The molecule has 0 amide bonds. The zero-order valence-electron chi connectivity index (χ0n) is 5.89. The first kappa shape index (κ1) is 7.17. The molecule has 5 heteroatoms. The number of aromatic nitrogens is 2. The Hall–Kier alpha value is -1.49. The molecule has 2 aromatic rings. The number of nitrogens with zero attached hydrogens (tertiary/aromatic N) is 2. The molecule has 0 saturated carbocycles. The third-order valence-electron chi connectivity index (χ3n) is 1.44. The van der Waals surface area contributed by atoms with Crippen LogP contribution >= 0.6 is 11.3 Å². The number of fused-ring (bicyclic) bond motifs is 1. The van der Waals surface area contributed by atoms with Crippen LogP contribution < -0.4 is 0 Å². The first-order valence-corrected chi connectivity index (χ1v) is 4.08. The first-order chi connectivity index (χ1) is 5.77. The summed E-state index contributed by atoms with van der Waals surface area (Å²) in [4.78, 5) is 19.2. The van der Waals surface area contributed by atoms with Crippen molar-refractivity contribution >= 4 is 27.7 Å². The second-order valence-electron chi connectivity index (χ2n) is 2.21. The molecule has 1 N–H and O–H groups in total. The minimum atomic E-state index is -0.975. The van der Waals surface area contributed by atoms with E-state index in [1.807, 2.05) is 0 Å². The van der Waals surface area contributed by atoms with E-state index in [0.29, 0.717) is 5.52 Å². The number of pyridine rings is 1. The Morgan fingerprint density at radius 3 is 3.08 bits per heavy atom. The van der Waals surface area contributed by atoms with Crippen LogP contribution in [0, 0.1) is 0 Å². The molecule has 0 radical (unpaired) electrons. The number of rotatable bonds is 1. The van der Waals surface area contributed by atoms with Crippen LogP contribution in [0.1, 0.15) is 10.4 Å². The van der Waals surface area contributed by atoms with Crippen molar-refractivity contribution < 1.29 is 9.90 Å². The van der Waals surface area contributed by atoms with Gasteiger partial charge in [0, 0.05) is 6.20 Å². The van der Waals surface area contributed by atoms with Crippen molar-refractivity contribution in [1.82, 2.24) is 9.97 Å². The van der Waals surface area contributed by atoms with Crippen LogP contribution in [0.4, 0.5) is 0 Å². The highest BCUT2D eigenvalue weighted by Gasteiger charge is 2.05. The lowest BCUT2D eigenvalue weighted by Crippen LogP contribution is -1.96. The van der Waals surface area contributed by atoms with Gasteiger partial charge in [-0.05, 0) is 6.07 Å². The van der Waals surface area contributed by atoms with Gasteiger partial charge in [-0.15, -0.1) is 11.3 Å². The van der Waals surface area contributed by atoms with Crippen LogP contribution in [0.25, 0.3) is 10.3 Å². The van der Waals surface area contributed by atoms with Crippen LogP contribution in [0.15, 0.2) is 17.8 Å². The van der Waals surface area contributed by atoms with Crippen molar-refractivity contribution in [3.8, 4) is 0 Å². The number of thiazole rings is 1. The monoisotopic (exact) mass is 180 g/mol. The fraction of sp³-hybridized carbons (Fsp3) is 0. The fourth-order valence-electron chi connectivity index (χ4n) is 0.874. The molecule has 12 heavy (non-hydrogen) atoms. The summed E-state index contributed by atoms with van der Waals surface area (Å²) in [6.07, 6.45) is 1.34. The Kier molecular flexibility index (Phi) is 1.51. The van der Waals surface area contributed by atoms with Gasteiger partial charge in [-0.2, -0.15) is 0 Å². The SMILES string of the molecule is O=C(O)c1cnc2scnc2c1.